The standard InChI is InChI=1S/C10H16N4O4/c1-18-7-6-11-4-5-12-10(15)8-2-3-9(13-8)14(16)17/h2-3,11,13H,4-7H2,1H3,(H,12,15). The van der Waals surface area contributed by atoms with E-state index in [9.17, 15) is 14.9 Å². The molecule has 0 spiro atoms. The van der Waals surface area contributed by atoms with Crippen LogP contribution in [0.25, 0.3) is 0 Å². The molecule has 0 aliphatic carbocycles. The molecule has 0 fully saturated rings. The number of carbonyl (C=O) groups is 1. The highest BCUT2D eigenvalue weighted by atomic mass is 16.6. The number of ether oxygens (including phenoxy) is 1. The first-order chi connectivity index (χ1) is 8.65. The predicted octanol–water partition coefficient (Wildman–Crippen LogP) is -0.111. The van der Waals surface area contributed by atoms with Crippen LogP contribution in [0.5, 0.6) is 0 Å². The lowest BCUT2D eigenvalue weighted by Gasteiger charge is -2.04. The molecule has 18 heavy (non-hydrogen) atoms. The number of hydrogen-bond acceptors (Lipinski definition) is 5. The van der Waals surface area contributed by atoms with Crippen molar-refractivity contribution in [1.82, 2.24) is 15.6 Å². The molecule has 0 saturated carbocycles. The van der Waals surface area contributed by atoms with E-state index in [4.69, 9.17) is 4.74 Å². The van der Waals surface area contributed by atoms with Gasteiger partial charge in [-0.3, -0.25) is 4.79 Å². The number of H-pyrrole nitrogens is 1. The van der Waals surface area contributed by atoms with Crippen LogP contribution in [0.4, 0.5) is 5.82 Å². The van der Waals surface area contributed by atoms with Gasteiger partial charge >= 0.3 is 5.82 Å². The molecule has 0 unspecified atom stereocenters. The van der Waals surface area contributed by atoms with Gasteiger partial charge in [-0.25, -0.2) is 4.98 Å². The van der Waals surface area contributed by atoms with Crippen LogP contribution in [0, 0.1) is 10.1 Å². The van der Waals surface area contributed by atoms with Crippen molar-refractivity contribution in [3.05, 3.63) is 27.9 Å². The van der Waals surface area contributed by atoms with Gasteiger partial charge in [0.25, 0.3) is 5.91 Å². The normalized spacial score (nSPS) is 10.3. The Morgan fingerprint density at radius 1 is 1.44 bits per heavy atom. The predicted molar refractivity (Wildman–Crippen MR) is 64.5 cm³/mol. The average Bonchev–Trinajstić information content (AvgIpc) is 2.83. The molecule has 1 aromatic rings. The number of nitro groups is 1. The minimum absolute atomic E-state index is 0.179. The van der Waals surface area contributed by atoms with Gasteiger partial charge in [-0.2, -0.15) is 0 Å². The maximum atomic E-state index is 11.6. The van der Waals surface area contributed by atoms with Crippen LogP contribution >= 0.6 is 0 Å². The second-order valence-electron chi connectivity index (χ2n) is 3.51. The SMILES string of the molecule is COCCNCCNC(=O)c1ccc([N+](=O)[O-])[nH]1. The van der Waals surface area contributed by atoms with Crippen molar-refractivity contribution < 1.29 is 14.5 Å². The monoisotopic (exact) mass is 256 g/mol. The minimum Gasteiger partial charge on any atom is -0.383 e. The molecule has 0 aromatic carbocycles. The first kappa shape index (κ1) is 14.1. The fourth-order valence-electron chi connectivity index (χ4n) is 1.28. The van der Waals surface area contributed by atoms with Crippen LogP contribution in [-0.4, -0.2) is 49.2 Å². The van der Waals surface area contributed by atoms with Crippen LogP contribution in [0.15, 0.2) is 12.1 Å². The van der Waals surface area contributed by atoms with E-state index in [2.05, 4.69) is 15.6 Å². The van der Waals surface area contributed by atoms with E-state index in [1.54, 1.807) is 7.11 Å². The number of aromatic amines is 1. The molecule has 8 heteroatoms. The highest BCUT2D eigenvalue weighted by Crippen LogP contribution is 2.09. The summed E-state index contributed by atoms with van der Waals surface area (Å²) in [5.74, 6) is -0.560. The molecule has 0 radical (unpaired) electrons. The molecule has 0 bridgehead atoms. The summed E-state index contributed by atoms with van der Waals surface area (Å²) >= 11 is 0. The van der Waals surface area contributed by atoms with E-state index in [1.165, 1.54) is 12.1 Å². The molecule has 0 aliphatic heterocycles. The van der Waals surface area contributed by atoms with E-state index in [0.29, 0.717) is 26.2 Å². The van der Waals surface area contributed by atoms with Crippen LogP contribution in [-0.2, 0) is 4.74 Å². The Hall–Kier alpha value is -1.93. The van der Waals surface area contributed by atoms with Gasteiger partial charge in [-0.05, 0) is 11.0 Å². The number of carbonyl (C=O) groups excluding carboxylic acids is 1. The fourth-order valence-corrected chi connectivity index (χ4v) is 1.28. The van der Waals surface area contributed by atoms with Gasteiger partial charge in [0.05, 0.1) is 6.61 Å². The van der Waals surface area contributed by atoms with Crippen molar-refractivity contribution >= 4 is 11.7 Å². The van der Waals surface area contributed by atoms with E-state index >= 15 is 0 Å². The highest BCUT2D eigenvalue weighted by molar-refractivity contribution is 5.92. The van der Waals surface area contributed by atoms with Gasteiger partial charge in [0.1, 0.15) is 0 Å². The molecule has 0 saturated heterocycles. The van der Waals surface area contributed by atoms with Crippen molar-refractivity contribution in [3.63, 3.8) is 0 Å². The van der Waals surface area contributed by atoms with Gasteiger partial charge in [0.2, 0.25) is 0 Å². The largest absolute Gasteiger partial charge is 0.383 e. The Labute approximate surface area is 104 Å². The highest BCUT2D eigenvalue weighted by Gasteiger charge is 2.14. The van der Waals surface area contributed by atoms with E-state index < -0.39 is 4.92 Å². The Morgan fingerprint density at radius 3 is 2.83 bits per heavy atom. The zero-order valence-electron chi connectivity index (χ0n) is 10.1. The van der Waals surface area contributed by atoms with E-state index in [0.717, 1.165) is 0 Å². The molecule has 0 atom stereocenters. The zero-order chi connectivity index (χ0) is 13.4. The third kappa shape index (κ3) is 4.52. The summed E-state index contributed by atoms with van der Waals surface area (Å²) in [6.45, 7) is 2.37. The third-order valence-corrected chi connectivity index (χ3v) is 2.18. The molecular weight excluding hydrogens is 240 g/mol. The number of rotatable bonds is 8. The van der Waals surface area contributed by atoms with Gasteiger partial charge in [-0.15, -0.1) is 0 Å². The summed E-state index contributed by atoms with van der Waals surface area (Å²) < 4.78 is 4.85. The number of methoxy groups -OCH3 is 1. The van der Waals surface area contributed by atoms with Gasteiger partial charge < -0.3 is 25.5 Å². The molecule has 1 aromatic heterocycles. The first-order valence-electron chi connectivity index (χ1n) is 5.46. The van der Waals surface area contributed by atoms with Crippen LogP contribution in [0.1, 0.15) is 10.5 Å². The van der Waals surface area contributed by atoms with Gasteiger partial charge in [0, 0.05) is 32.8 Å². The Bertz CT molecular complexity index is 404. The summed E-state index contributed by atoms with van der Waals surface area (Å²) in [5, 5.41) is 16.1. The van der Waals surface area contributed by atoms with Crippen molar-refractivity contribution in [3.8, 4) is 0 Å². The number of nitrogens with one attached hydrogen (secondary N) is 3. The second kappa shape index (κ2) is 7.41. The molecule has 100 valence electrons. The lowest BCUT2D eigenvalue weighted by molar-refractivity contribution is -0.389. The van der Waals surface area contributed by atoms with E-state index in [1.807, 2.05) is 0 Å². The van der Waals surface area contributed by atoms with Crippen molar-refractivity contribution in [2.45, 2.75) is 0 Å². The second-order valence-corrected chi connectivity index (χ2v) is 3.51. The average molecular weight is 256 g/mol. The Balaban J connectivity index is 2.25. The molecule has 8 nitrogen and oxygen atoms in total. The van der Waals surface area contributed by atoms with Crippen molar-refractivity contribution in [2.75, 3.05) is 33.4 Å². The van der Waals surface area contributed by atoms with Gasteiger partial charge in [0.15, 0.2) is 5.69 Å². The summed E-state index contributed by atoms with van der Waals surface area (Å²) in [7, 11) is 1.61. The van der Waals surface area contributed by atoms with Crippen LogP contribution < -0.4 is 10.6 Å². The summed E-state index contributed by atoms with van der Waals surface area (Å²) in [4.78, 5) is 23.8. The number of aromatic nitrogens is 1. The maximum Gasteiger partial charge on any atom is 0.321 e. The third-order valence-electron chi connectivity index (χ3n) is 2.18. The van der Waals surface area contributed by atoms with Crippen molar-refractivity contribution in [1.29, 1.82) is 0 Å². The van der Waals surface area contributed by atoms with Crippen LogP contribution in [0.2, 0.25) is 0 Å². The number of amides is 1. The molecule has 1 heterocycles. The zero-order valence-corrected chi connectivity index (χ0v) is 10.1. The Morgan fingerprint density at radius 2 is 2.22 bits per heavy atom. The van der Waals surface area contributed by atoms with Crippen molar-refractivity contribution in [2.24, 2.45) is 0 Å². The molecule has 3 N–H and O–H groups in total. The minimum atomic E-state index is -0.580. The van der Waals surface area contributed by atoms with E-state index in [-0.39, 0.29) is 17.4 Å². The molecule has 1 rings (SSSR count). The lowest BCUT2D eigenvalue weighted by atomic mass is 10.4. The topological polar surface area (TPSA) is 109 Å². The summed E-state index contributed by atoms with van der Waals surface area (Å²) in [5.41, 5.74) is 0.179. The Kier molecular flexibility index (Phi) is 5.81. The van der Waals surface area contributed by atoms with Gasteiger partial charge in [-0.1, -0.05) is 0 Å². The lowest BCUT2D eigenvalue weighted by Crippen LogP contribution is -2.33. The first-order valence-corrected chi connectivity index (χ1v) is 5.46. The number of nitrogens with zero attached hydrogens (tertiary/aromatic N) is 1. The fraction of sp³-hybridized carbons (Fsp3) is 0.500. The maximum absolute atomic E-state index is 11.6. The molecule has 1 amide bonds. The summed E-state index contributed by atoms with van der Waals surface area (Å²) in [6.07, 6.45) is 0. The molecule has 0 aliphatic rings. The smallest absolute Gasteiger partial charge is 0.321 e. The quantitative estimate of drug-likeness (QED) is 0.341. The molecular formula is C10H16N4O4. The number of hydrogen-bond donors (Lipinski definition) is 3. The summed E-state index contributed by atoms with van der Waals surface area (Å²) in [6, 6.07) is 2.64. The van der Waals surface area contributed by atoms with Crippen LogP contribution in [0.3, 0.4) is 0 Å².